The molecular weight excluding hydrogens is 256 g/mol. The number of aromatic nitrogens is 2. The quantitative estimate of drug-likeness (QED) is 0.586. The highest BCUT2D eigenvalue weighted by molar-refractivity contribution is 5.60. The summed E-state index contributed by atoms with van der Waals surface area (Å²) in [6, 6.07) is 0.297. The summed E-state index contributed by atoms with van der Waals surface area (Å²) < 4.78 is 1.62. The monoisotopic (exact) mass is 280 g/mol. The Morgan fingerprint density at radius 1 is 1.50 bits per heavy atom. The van der Waals surface area contributed by atoms with E-state index in [-0.39, 0.29) is 10.6 Å². The van der Waals surface area contributed by atoms with Crippen molar-refractivity contribution in [2.45, 2.75) is 58.4 Å². The fourth-order valence-corrected chi connectivity index (χ4v) is 2.60. The topological polar surface area (TPSA) is 73.0 Å². The van der Waals surface area contributed by atoms with E-state index < -0.39 is 0 Å². The first-order chi connectivity index (χ1) is 9.56. The third-order valence-electron chi connectivity index (χ3n) is 3.91. The van der Waals surface area contributed by atoms with Crippen molar-refractivity contribution < 1.29 is 4.92 Å². The lowest BCUT2D eigenvalue weighted by atomic mass is 10.1. The van der Waals surface area contributed by atoms with Gasteiger partial charge in [0.05, 0.1) is 4.92 Å². The number of hydrogen-bond donors (Lipinski definition) is 1. The molecule has 0 amide bonds. The molecule has 1 aromatic rings. The molecule has 1 atom stereocenters. The molecule has 1 saturated carbocycles. The molecule has 1 N–H and O–H groups in total. The molecule has 6 nitrogen and oxygen atoms in total. The van der Waals surface area contributed by atoms with Gasteiger partial charge in [-0.15, -0.1) is 0 Å². The van der Waals surface area contributed by atoms with Crippen LogP contribution in [0.4, 0.5) is 11.5 Å². The number of hydrogen-bond acceptors (Lipinski definition) is 4. The van der Waals surface area contributed by atoms with E-state index in [1.807, 2.05) is 6.92 Å². The van der Waals surface area contributed by atoms with Crippen LogP contribution >= 0.6 is 0 Å². The van der Waals surface area contributed by atoms with Crippen LogP contribution in [-0.2, 0) is 13.5 Å². The van der Waals surface area contributed by atoms with Crippen molar-refractivity contribution in [3.63, 3.8) is 0 Å². The molecule has 1 unspecified atom stereocenters. The first-order valence-corrected chi connectivity index (χ1v) is 7.53. The molecule has 6 heteroatoms. The van der Waals surface area contributed by atoms with Gasteiger partial charge >= 0.3 is 5.69 Å². The summed E-state index contributed by atoms with van der Waals surface area (Å²) in [4.78, 5) is 11.0. The molecule has 0 aromatic carbocycles. The normalized spacial score (nSPS) is 16.1. The molecule has 0 spiro atoms. The highest BCUT2D eigenvalue weighted by Gasteiger charge is 2.30. The summed E-state index contributed by atoms with van der Waals surface area (Å²) in [5.41, 5.74) is 0.743. The van der Waals surface area contributed by atoms with Gasteiger partial charge in [-0.1, -0.05) is 33.1 Å². The molecule has 1 aliphatic carbocycles. The van der Waals surface area contributed by atoms with Crippen molar-refractivity contribution in [1.29, 1.82) is 0 Å². The first kappa shape index (κ1) is 14.8. The Hall–Kier alpha value is -1.59. The largest absolute Gasteiger partial charge is 0.362 e. The summed E-state index contributed by atoms with van der Waals surface area (Å²) in [5.74, 6) is 1.36. The Morgan fingerprint density at radius 3 is 2.70 bits per heavy atom. The second kappa shape index (κ2) is 6.24. The molecule has 20 heavy (non-hydrogen) atoms. The van der Waals surface area contributed by atoms with Crippen LogP contribution in [0.5, 0.6) is 0 Å². The van der Waals surface area contributed by atoms with Gasteiger partial charge in [0.25, 0.3) is 0 Å². The number of nitrogens with zero attached hydrogens (tertiary/aromatic N) is 3. The zero-order valence-electron chi connectivity index (χ0n) is 12.6. The smallest absolute Gasteiger partial charge is 0.333 e. The molecule has 2 rings (SSSR count). The number of rotatable bonds is 8. The van der Waals surface area contributed by atoms with Gasteiger partial charge in [0.2, 0.25) is 5.82 Å². The van der Waals surface area contributed by atoms with E-state index in [1.165, 1.54) is 12.8 Å². The van der Waals surface area contributed by atoms with Crippen LogP contribution in [0.1, 0.15) is 51.6 Å². The van der Waals surface area contributed by atoms with Gasteiger partial charge < -0.3 is 5.32 Å². The van der Waals surface area contributed by atoms with Crippen molar-refractivity contribution in [2.24, 2.45) is 13.0 Å². The van der Waals surface area contributed by atoms with E-state index in [0.717, 1.165) is 25.2 Å². The van der Waals surface area contributed by atoms with Crippen molar-refractivity contribution in [2.75, 3.05) is 5.32 Å². The van der Waals surface area contributed by atoms with E-state index >= 15 is 0 Å². The molecule has 0 aliphatic heterocycles. The Labute approximate surface area is 119 Å². The summed E-state index contributed by atoms with van der Waals surface area (Å²) in [6.07, 6.45) is 6.17. The van der Waals surface area contributed by atoms with E-state index in [1.54, 1.807) is 11.7 Å². The number of nitro groups is 1. The molecule has 1 aliphatic rings. The Kier molecular flexibility index (Phi) is 4.62. The standard InChI is InChI=1S/C14H24N4O2/c1-4-6-12-13(18(19)20)14(17(3)16-12)15-11(5-2)9-10-7-8-10/h10-11,15H,4-9H2,1-3H3. The fourth-order valence-electron chi connectivity index (χ4n) is 2.60. The summed E-state index contributed by atoms with van der Waals surface area (Å²) in [6.45, 7) is 4.13. The van der Waals surface area contributed by atoms with Crippen LogP contribution in [0.3, 0.4) is 0 Å². The van der Waals surface area contributed by atoms with Crippen LogP contribution in [0.15, 0.2) is 0 Å². The van der Waals surface area contributed by atoms with Crippen molar-refractivity contribution in [1.82, 2.24) is 9.78 Å². The molecule has 0 bridgehead atoms. The molecule has 1 aromatic heterocycles. The van der Waals surface area contributed by atoms with Gasteiger partial charge in [-0.05, 0) is 25.2 Å². The lowest BCUT2D eigenvalue weighted by Gasteiger charge is -2.17. The minimum absolute atomic E-state index is 0.156. The van der Waals surface area contributed by atoms with Crippen LogP contribution in [0, 0.1) is 16.0 Å². The zero-order valence-corrected chi connectivity index (χ0v) is 12.6. The maximum atomic E-state index is 11.3. The van der Waals surface area contributed by atoms with Gasteiger partial charge in [-0.3, -0.25) is 10.1 Å². The second-order valence-electron chi connectivity index (χ2n) is 5.70. The predicted octanol–water partition coefficient (Wildman–Crippen LogP) is 3.27. The summed E-state index contributed by atoms with van der Waals surface area (Å²) in [7, 11) is 1.78. The maximum Gasteiger partial charge on any atom is 0.333 e. The lowest BCUT2D eigenvalue weighted by Crippen LogP contribution is -2.21. The van der Waals surface area contributed by atoms with Crippen LogP contribution in [-0.4, -0.2) is 20.7 Å². The third-order valence-corrected chi connectivity index (χ3v) is 3.91. The number of anilines is 1. The van der Waals surface area contributed by atoms with Crippen molar-refractivity contribution >= 4 is 11.5 Å². The van der Waals surface area contributed by atoms with Gasteiger partial charge in [-0.2, -0.15) is 5.10 Å². The Bertz CT molecular complexity index is 480. The zero-order chi connectivity index (χ0) is 14.7. The van der Waals surface area contributed by atoms with Crippen LogP contribution in [0.2, 0.25) is 0 Å². The predicted molar refractivity (Wildman–Crippen MR) is 78.9 cm³/mol. The van der Waals surface area contributed by atoms with E-state index in [4.69, 9.17) is 0 Å². The van der Waals surface area contributed by atoms with Crippen molar-refractivity contribution in [3.05, 3.63) is 15.8 Å². The molecule has 0 saturated heterocycles. The number of nitrogens with one attached hydrogen (secondary N) is 1. The first-order valence-electron chi connectivity index (χ1n) is 7.53. The van der Waals surface area contributed by atoms with Crippen molar-refractivity contribution in [3.8, 4) is 0 Å². The lowest BCUT2D eigenvalue weighted by molar-refractivity contribution is -0.384. The van der Waals surface area contributed by atoms with Gasteiger partial charge in [-0.25, -0.2) is 4.68 Å². The fraction of sp³-hybridized carbons (Fsp3) is 0.786. The minimum Gasteiger partial charge on any atom is -0.362 e. The van der Waals surface area contributed by atoms with E-state index in [2.05, 4.69) is 17.3 Å². The SMILES string of the molecule is CCCc1nn(C)c(NC(CC)CC2CC2)c1[N+](=O)[O-]. The molecular formula is C14H24N4O2. The van der Waals surface area contributed by atoms with E-state index in [9.17, 15) is 10.1 Å². The van der Waals surface area contributed by atoms with Gasteiger partial charge in [0.1, 0.15) is 5.69 Å². The average molecular weight is 280 g/mol. The summed E-state index contributed by atoms with van der Waals surface area (Å²) >= 11 is 0. The van der Waals surface area contributed by atoms with Crippen LogP contribution < -0.4 is 5.32 Å². The summed E-state index contributed by atoms with van der Waals surface area (Å²) in [5, 5.41) is 19.0. The minimum atomic E-state index is -0.301. The highest BCUT2D eigenvalue weighted by atomic mass is 16.6. The number of aryl methyl sites for hydroxylation is 2. The highest BCUT2D eigenvalue weighted by Crippen LogP contribution is 2.36. The molecule has 1 heterocycles. The van der Waals surface area contributed by atoms with E-state index in [0.29, 0.717) is 24.0 Å². The average Bonchev–Trinajstić information content (AvgIpc) is 3.14. The van der Waals surface area contributed by atoms with Gasteiger partial charge in [0.15, 0.2) is 0 Å². The molecule has 0 radical (unpaired) electrons. The Balaban J connectivity index is 2.21. The maximum absolute atomic E-state index is 11.3. The van der Waals surface area contributed by atoms with Crippen LogP contribution in [0.25, 0.3) is 0 Å². The Morgan fingerprint density at radius 2 is 2.20 bits per heavy atom. The molecule has 112 valence electrons. The third kappa shape index (κ3) is 3.29. The van der Waals surface area contributed by atoms with Gasteiger partial charge in [0, 0.05) is 13.1 Å². The second-order valence-corrected chi connectivity index (χ2v) is 5.70. The molecule has 1 fully saturated rings.